The summed E-state index contributed by atoms with van der Waals surface area (Å²) in [5, 5.41) is 2.73. The molecule has 2 aromatic carbocycles. The first kappa shape index (κ1) is 12.8. The third-order valence-electron chi connectivity index (χ3n) is 2.66. The Morgan fingerprint density at radius 2 is 1.58 bits per heavy atom. The first-order chi connectivity index (χ1) is 9.22. The number of amides is 1. The van der Waals surface area contributed by atoms with Crippen molar-refractivity contribution in [3.8, 4) is 0 Å². The number of ketones is 1. The number of carbonyl (C=O) groups is 2. The summed E-state index contributed by atoms with van der Waals surface area (Å²) in [6.07, 6.45) is 1.23. The van der Waals surface area contributed by atoms with E-state index in [0.29, 0.717) is 16.8 Å². The van der Waals surface area contributed by atoms with Crippen LogP contribution in [0.25, 0.3) is 0 Å². The van der Waals surface area contributed by atoms with Gasteiger partial charge in [-0.05, 0) is 30.3 Å². The second-order valence-electron chi connectivity index (χ2n) is 3.93. The monoisotopic (exact) mass is 251 g/mol. The van der Waals surface area contributed by atoms with Gasteiger partial charge in [-0.2, -0.15) is 0 Å². The highest BCUT2D eigenvalue weighted by molar-refractivity contribution is 6.12. The summed E-state index contributed by atoms with van der Waals surface area (Å²) in [6, 6.07) is 15.7. The van der Waals surface area contributed by atoms with E-state index in [9.17, 15) is 9.59 Å². The van der Waals surface area contributed by atoms with Crippen LogP contribution in [0.2, 0.25) is 0 Å². The number of benzene rings is 2. The molecule has 3 nitrogen and oxygen atoms in total. The van der Waals surface area contributed by atoms with Crippen molar-refractivity contribution >= 4 is 17.4 Å². The Kier molecular flexibility index (Phi) is 3.88. The van der Waals surface area contributed by atoms with Gasteiger partial charge in [0.2, 0.25) is 0 Å². The highest BCUT2D eigenvalue weighted by atomic mass is 16.1. The van der Waals surface area contributed by atoms with Gasteiger partial charge in [-0.1, -0.05) is 36.9 Å². The van der Waals surface area contributed by atoms with Crippen LogP contribution in [0.5, 0.6) is 0 Å². The largest absolute Gasteiger partial charge is 0.321 e. The standard InChI is InChI=1S/C16H13NO2/c1-2-15(18)13-10-6-7-11-14(13)17-16(19)12-8-4-3-5-9-12/h2-11H,1H2,(H,17,19). The number of hydrogen-bond acceptors (Lipinski definition) is 2. The molecule has 0 atom stereocenters. The molecule has 2 rings (SSSR count). The molecule has 0 fully saturated rings. The smallest absolute Gasteiger partial charge is 0.255 e. The molecule has 0 aliphatic carbocycles. The van der Waals surface area contributed by atoms with Gasteiger partial charge in [-0.15, -0.1) is 0 Å². The number of hydrogen-bond donors (Lipinski definition) is 1. The fraction of sp³-hybridized carbons (Fsp3) is 0. The Labute approximate surface area is 111 Å². The molecule has 0 aromatic heterocycles. The van der Waals surface area contributed by atoms with E-state index < -0.39 is 0 Å². The molecular weight excluding hydrogens is 238 g/mol. The van der Waals surface area contributed by atoms with Crippen molar-refractivity contribution in [2.75, 3.05) is 5.32 Å². The van der Waals surface area contributed by atoms with Crippen molar-refractivity contribution in [2.45, 2.75) is 0 Å². The van der Waals surface area contributed by atoms with Crippen molar-refractivity contribution in [1.82, 2.24) is 0 Å². The van der Waals surface area contributed by atoms with Crippen molar-refractivity contribution in [1.29, 1.82) is 0 Å². The number of rotatable bonds is 4. The summed E-state index contributed by atoms with van der Waals surface area (Å²) in [5.41, 5.74) is 1.46. The summed E-state index contributed by atoms with van der Waals surface area (Å²) in [6.45, 7) is 3.45. The van der Waals surface area contributed by atoms with Crippen LogP contribution in [0.4, 0.5) is 5.69 Å². The lowest BCUT2D eigenvalue weighted by molar-refractivity contribution is 0.102. The maximum absolute atomic E-state index is 12.0. The predicted molar refractivity (Wildman–Crippen MR) is 75.4 cm³/mol. The van der Waals surface area contributed by atoms with Gasteiger partial charge in [0.1, 0.15) is 0 Å². The van der Waals surface area contributed by atoms with Crippen LogP contribution in [0, 0.1) is 0 Å². The number of para-hydroxylation sites is 1. The van der Waals surface area contributed by atoms with Crippen LogP contribution in [0.15, 0.2) is 67.3 Å². The van der Waals surface area contributed by atoms with Gasteiger partial charge in [0, 0.05) is 11.1 Å². The van der Waals surface area contributed by atoms with E-state index >= 15 is 0 Å². The SMILES string of the molecule is C=CC(=O)c1ccccc1NC(=O)c1ccccc1. The molecular formula is C16H13NO2. The van der Waals surface area contributed by atoms with Gasteiger partial charge in [0.05, 0.1) is 5.69 Å². The Morgan fingerprint density at radius 1 is 0.947 bits per heavy atom. The van der Waals surface area contributed by atoms with Crippen LogP contribution >= 0.6 is 0 Å². The van der Waals surface area contributed by atoms with Gasteiger partial charge in [-0.3, -0.25) is 9.59 Å². The van der Waals surface area contributed by atoms with E-state index in [1.165, 1.54) is 6.08 Å². The van der Waals surface area contributed by atoms with Gasteiger partial charge in [-0.25, -0.2) is 0 Å². The third-order valence-corrected chi connectivity index (χ3v) is 2.66. The van der Waals surface area contributed by atoms with Crippen LogP contribution in [-0.4, -0.2) is 11.7 Å². The summed E-state index contributed by atoms with van der Waals surface area (Å²) in [5.74, 6) is -0.464. The van der Waals surface area contributed by atoms with Gasteiger partial charge in [0.25, 0.3) is 5.91 Å². The number of carbonyl (C=O) groups excluding carboxylic acids is 2. The van der Waals surface area contributed by atoms with Gasteiger partial charge >= 0.3 is 0 Å². The second kappa shape index (κ2) is 5.78. The van der Waals surface area contributed by atoms with Crippen molar-refractivity contribution in [3.05, 3.63) is 78.4 Å². The maximum atomic E-state index is 12.0. The molecule has 0 aliphatic heterocycles. The Hall–Kier alpha value is -2.68. The van der Waals surface area contributed by atoms with Crippen LogP contribution in [0.1, 0.15) is 20.7 Å². The summed E-state index contributed by atoms with van der Waals surface area (Å²) >= 11 is 0. The summed E-state index contributed by atoms with van der Waals surface area (Å²) < 4.78 is 0. The van der Waals surface area contributed by atoms with E-state index in [1.807, 2.05) is 6.07 Å². The first-order valence-electron chi connectivity index (χ1n) is 5.84. The number of allylic oxidation sites excluding steroid dienone is 1. The highest BCUT2D eigenvalue weighted by Gasteiger charge is 2.11. The quantitative estimate of drug-likeness (QED) is 0.669. The van der Waals surface area contributed by atoms with Crippen molar-refractivity contribution in [3.63, 3.8) is 0 Å². The average molecular weight is 251 g/mol. The molecule has 0 spiro atoms. The molecule has 0 saturated carbocycles. The van der Waals surface area contributed by atoms with E-state index in [2.05, 4.69) is 11.9 Å². The lowest BCUT2D eigenvalue weighted by atomic mass is 10.1. The molecule has 0 unspecified atom stereocenters. The molecule has 3 heteroatoms. The highest BCUT2D eigenvalue weighted by Crippen LogP contribution is 2.17. The summed E-state index contributed by atoms with van der Waals surface area (Å²) in [4.78, 5) is 23.7. The Morgan fingerprint density at radius 3 is 2.26 bits per heavy atom. The van der Waals surface area contributed by atoms with E-state index in [-0.39, 0.29) is 11.7 Å². The molecule has 1 amide bonds. The molecule has 2 aromatic rings. The molecule has 0 heterocycles. The normalized spacial score (nSPS) is 9.68. The molecule has 0 aliphatic rings. The molecule has 0 saturated heterocycles. The first-order valence-corrected chi connectivity index (χ1v) is 5.84. The topological polar surface area (TPSA) is 46.2 Å². The Bertz CT molecular complexity index is 618. The van der Waals surface area contributed by atoms with Gasteiger partial charge < -0.3 is 5.32 Å². The predicted octanol–water partition coefficient (Wildman–Crippen LogP) is 3.31. The van der Waals surface area contributed by atoms with E-state index in [0.717, 1.165) is 0 Å². The van der Waals surface area contributed by atoms with Crippen LogP contribution in [-0.2, 0) is 0 Å². The number of nitrogens with one attached hydrogen (secondary N) is 1. The van der Waals surface area contributed by atoms with Crippen molar-refractivity contribution < 1.29 is 9.59 Å². The van der Waals surface area contributed by atoms with Gasteiger partial charge in [0.15, 0.2) is 5.78 Å². The minimum atomic E-state index is -0.245. The fourth-order valence-electron chi connectivity index (χ4n) is 1.70. The van der Waals surface area contributed by atoms with Crippen LogP contribution < -0.4 is 5.32 Å². The molecule has 1 N–H and O–H groups in total. The van der Waals surface area contributed by atoms with E-state index in [4.69, 9.17) is 0 Å². The molecule has 0 bridgehead atoms. The number of anilines is 1. The second-order valence-corrected chi connectivity index (χ2v) is 3.93. The molecule has 0 radical (unpaired) electrons. The zero-order valence-electron chi connectivity index (χ0n) is 10.3. The van der Waals surface area contributed by atoms with E-state index in [1.54, 1.807) is 48.5 Å². The van der Waals surface area contributed by atoms with Crippen molar-refractivity contribution in [2.24, 2.45) is 0 Å². The maximum Gasteiger partial charge on any atom is 0.255 e. The lowest BCUT2D eigenvalue weighted by Crippen LogP contribution is -2.14. The molecule has 94 valence electrons. The minimum Gasteiger partial charge on any atom is -0.321 e. The summed E-state index contributed by atoms with van der Waals surface area (Å²) in [7, 11) is 0. The average Bonchev–Trinajstić information content (AvgIpc) is 2.48. The Balaban J connectivity index is 2.27. The fourth-order valence-corrected chi connectivity index (χ4v) is 1.70. The minimum absolute atomic E-state index is 0.219. The molecule has 19 heavy (non-hydrogen) atoms. The third kappa shape index (κ3) is 2.96. The zero-order valence-corrected chi connectivity index (χ0v) is 10.3. The lowest BCUT2D eigenvalue weighted by Gasteiger charge is -2.08. The zero-order chi connectivity index (χ0) is 13.7. The van der Waals surface area contributed by atoms with Crippen LogP contribution in [0.3, 0.4) is 0 Å².